The number of ether oxygens (including phenoxy) is 2. The number of azo groups is 1. The van der Waals surface area contributed by atoms with E-state index in [-0.39, 0.29) is 6.79 Å². The predicted molar refractivity (Wildman–Crippen MR) is 102 cm³/mol. The van der Waals surface area contributed by atoms with Crippen LogP contribution in [0.4, 0.5) is 11.5 Å². The molecule has 132 valence electrons. The van der Waals surface area contributed by atoms with E-state index in [2.05, 4.69) is 41.4 Å². The molecule has 0 unspecified atom stereocenters. The Morgan fingerprint density at radius 2 is 1.78 bits per heavy atom. The van der Waals surface area contributed by atoms with E-state index in [9.17, 15) is 0 Å². The van der Waals surface area contributed by atoms with E-state index in [1.807, 2.05) is 47.0 Å². The second-order valence-corrected chi connectivity index (χ2v) is 6.32. The van der Waals surface area contributed by atoms with Gasteiger partial charge in [-0.05, 0) is 31.2 Å². The lowest BCUT2D eigenvalue weighted by atomic mass is 10.1. The van der Waals surface area contributed by atoms with E-state index in [0.717, 1.165) is 22.7 Å². The summed E-state index contributed by atoms with van der Waals surface area (Å²) in [6.45, 7) is 2.30. The Kier molecular flexibility index (Phi) is 3.60. The average molecular weight is 356 g/mol. The monoisotopic (exact) mass is 356 g/mol. The molecule has 2 aromatic carbocycles. The van der Waals surface area contributed by atoms with Crippen LogP contribution in [0.1, 0.15) is 5.56 Å². The summed E-state index contributed by atoms with van der Waals surface area (Å²) < 4.78 is 12.7. The maximum atomic E-state index is 5.41. The molecule has 0 amide bonds. The summed E-state index contributed by atoms with van der Waals surface area (Å²) in [5.41, 5.74) is 4.52. The first-order valence-corrected chi connectivity index (χ1v) is 8.63. The lowest BCUT2D eigenvalue weighted by Gasteiger charge is -2.01. The van der Waals surface area contributed by atoms with Gasteiger partial charge in [-0.1, -0.05) is 35.9 Å². The molecule has 27 heavy (non-hydrogen) atoms. The summed E-state index contributed by atoms with van der Waals surface area (Å²) in [6, 6.07) is 19.6. The first-order chi connectivity index (χ1) is 13.3. The maximum Gasteiger partial charge on any atom is 0.231 e. The summed E-state index contributed by atoms with van der Waals surface area (Å²) in [5, 5.41) is 8.93. The smallest absolute Gasteiger partial charge is 0.231 e. The third kappa shape index (κ3) is 2.81. The van der Waals surface area contributed by atoms with Crippen molar-refractivity contribution in [3.63, 3.8) is 0 Å². The van der Waals surface area contributed by atoms with Crippen LogP contribution < -0.4 is 9.47 Å². The van der Waals surface area contributed by atoms with Crippen LogP contribution in [0.25, 0.3) is 16.9 Å². The highest BCUT2D eigenvalue weighted by atomic mass is 16.7. The van der Waals surface area contributed by atoms with Crippen molar-refractivity contribution >= 4 is 17.2 Å². The van der Waals surface area contributed by atoms with Crippen LogP contribution in [-0.4, -0.2) is 16.2 Å². The van der Waals surface area contributed by atoms with Crippen LogP contribution in [0.3, 0.4) is 0 Å². The van der Waals surface area contributed by atoms with Crippen LogP contribution in [-0.2, 0) is 0 Å². The number of benzene rings is 2. The van der Waals surface area contributed by atoms with Gasteiger partial charge in [-0.3, -0.25) is 4.40 Å². The molecule has 0 N–H and O–H groups in total. The molecule has 0 saturated heterocycles. The molecule has 0 radical (unpaired) electrons. The lowest BCUT2D eigenvalue weighted by Crippen LogP contribution is -1.92. The minimum atomic E-state index is 0.237. The van der Waals surface area contributed by atoms with Crippen molar-refractivity contribution in [2.24, 2.45) is 10.2 Å². The Balaban J connectivity index is 1.61. The Hall–Kier alpha value is -3.67. The van der Waals surface area contributed by atoms with Crippen molar-refractivity contribution in [1.82, 2.24) is 9.38 Å². The summed E-state index contributed by atoms with van der Waals surface area (Å²) in [7, 11) is 0. The van der Waals surface area contributed by atoms with E-state index in [4.69, 9.17) is 14.5 Å². The fourth-order valence-electron chi connectivity index (χ4n) is 3.04. The van der Waals surface area contributed by atoms with Crippen molar-refractivity contribution in [1.29, 1.82) is 0 Å². The number of rotatable bonds is 3. The molecule has 0 bridgehead atoms. The van der Waals surface area contributed by atoms with Gasteiger partial charge in [-0.2, -0.15) is 0 Å². The molecule has 0 atom stereocenters. The SMILES string of the molecule is Cc1ccc(-c2nc3ccccn3c2N=Nc2ccc3c(c2)OCO3)cc1. The molecule has 0 saturated carbocycles. The molecule has 1 aliphatic heterocycles. The molecule has 0 spiro atoms. The van der Waals surface area contributed by atoms with Gasteiger partial charge >= 0.3 is 0 Å². The first kappa shape index (κ1) is 15.6. The van der Waals surface area contributed by atoms with Gasteiger partial charge in [0.25, 0.3) is 0 Å². The van der Waals surface area contributed by atoms with Gasteiger partial charge in [0, 0.05) is 17.8 Å². The fourth-order valence-corrected chi connectivity index (χ4v) is 3.04. The quantitative estimate of drug-likeness (QED) is 0.458. The van der Waals surface area contributed by atoms with Crippen LogP contribution >= 0.6 is 0 Å². The maximum absolute atomic E-state index is 5.41. The van der Waals surface area contributed by atoms with Crippen molar-refractivity contribution < 1.29 is 9.47 Å². The zero-order chi connectivity index (χ0) is 18.2. The summed E-state index contributed by atoms with van der Waals surface area (Å²) >= 11 is 0. The van der Waals surface area contributed by atoms with Crippen molar-refractivity contribution in [2.45, 2.75) is 6.92 Å². The van der Waals surface area contributed by atoms with Crippen LogP contribution in [0, 0.1) is 6.92 Å². The topological polar surface area (TPSA) is 60.5 Å². The highest BCUT2D eigenvalue weighted by molar-refractivity contribution is 5.74. The molecule has 5 rings (SSSR count). The number of aryl methyl sites for hydroxylation is 1. The van der Waals surface area contributed by atoms with Crippen LogP contribution in [0.5, 0.6) is 11.5 Å². The molecule has 4 aromatic rings. The van der Waals surface area contributed by atoms with Gasteiger partial charge in [-0.15, -0.1) is 10.2 Å². The standard InChI is InChI=1S/C21H16N4O2/c1-14-5-7-15(8-6-14)20-21(25-11-3-2-4-19(25)22-20)24-23-16-9-10-17-18(12-16)27-13-26-17/h2-12H,13H2,1H3. The third-order valence-electron chi connectivity index (χ3n) is 4.45. The minimum Gasteiger partial charge on any atom is -0.454 e. The highest BCUT2D eigenvalue weighted by Gasteiger charge is 2.15. The Morgan fingerprint density at radius 3 is 2.67 bits per heavy atom. The molecule has 3 heterocycles. The summed E-state index contributed by atoms with van der Waals surface area (Å²) in [6.07, 6.45) is 1.94. The Morgan fingerprint density at radius 1 is 0.926 bits per heavy atom. The summed E-state index contributed by atoms with van der Waals surface area (Å²) in [5.74, 6) is 2.10. The Labute approximate surface area is 155 Å². The van der Waals surface area contributed by atoms with Crippen LogP contribution in [0.2, 0.25) is 0 Å². The van der Waals surface area contributed by atoms with E-state index in [1.165, 1.54) is 5.56 Å². The second-order valence-electron chi connectivity index (χ2n) is 6.32. The molecular formula is C21H16N4O2. The number of nitrogens with zero attached hydrogens (tertiary/aromatic N) is 4. The van der Waals surface area contributed by atoms with Crippen molar-refractivity contribution in [3.8, 4) is 22.8 Å². The van der Waals surface area contributed by atoms with Crippen molar-refractivity contribution in [2.75, 3.05) is 6.79 Å². The van der Waals surface area contributed by atoms with E-state index < -0.39 is 0 Å². The lowest BCUT2D eigenvalue weighted by molar-refractivity contribution is 0.174. The van der Waals surface area contributed by atoms with E-state index >= 15 is 0 Å². The number of pyridine rings is 1. The largest absolute Gasteiger partial charge is 0.454 e. The minimum absolute atomic E-state index is 0.237. The third-order valence-corrected chi connectivity index (χ3v) is 4.45. The zero-order valence-corrected chi connectivity index (χ0v) is 14.7. The Bertz CT molecular complexity index is 1160. The number of aromatic nitrogens is 2. The predicted octanol–water partition coefficient (Wildman–Crippen LogP) is 5.45. The average Bonchev–Trinajstić information content (AvgIpc) is 3.31. The van der Waals surface area contributed by atoms with E-state index in [0.29, 0.717) is 17.3 Å². The normalized spacial score (nSPS) is 12.9. The highest BCUT2D eigenvalue weighted by Crippen LogP contribution is 2.37. The van der Waals surface area contributed by atoms with Gasteiger partial charge in [0.1, 0.15) is 11.3 Å². The number of fused-ring (bicyclic) bond motifs is 2. The number of imidazole rings is 1. The molecule has 6 heteroatoms. The molecular weight excluding hydrogens is 340 g/mol. The molecule has 0 aliphatic carbocycles. The van der Waals surface area contributed by atoms with Crippen molar-refractivity contribution in [3.05, 3.63) is 72.4 Å². The summed E-state index contributed by atoms with van der Waals surface area (Å²) in [4.78, 5) is 4.75. The molecule has 6 nitrogen and oxygen atoms in total. The van der Waals surface area contributed by atoms with Gasteiger partial charge in [0.2, 0.25) is 6.79 Å². The zero-order valence-electron chi connectivity index (χ0n) is 14.7. The number of hydrogen-bond donors (Lipinski definition) is 0. The number of hydrogen-bond acceptors (Lipinski definition) is 5. The van der Waals surface area contributed by atoms with Crippen LogP contribution in [0.15, 0.2) is 77.1 Å². The van der Waals surface area contributed by atoms with Gasteiger partial charge < -0.3 is 9.47 Å². The molecule has 2 aromatic heterocycles. The second kappa shape index (κ2) is 6.25. The fraction of sp³-hybridized carbons (Fsp3) is 0.0952. The van der Waals surface area contributed by atoms with E-state index in [1.54, 1.807) is 0 Å². The van der Waals surface area contributed by atoms with Gasteiger partial charge in [-0.25, -0.2) is 4.98 Å². The van der Waals surface area contributed by atoms with Gasteiger partial charge in [0.05, 0.1) is 5.69 Å². The van der Waals surface area contributed by atoms with Gasteiger partial charge in [0.15, 0.2) is 17.3 Å². The molecule has 0 fully saturated rings. The first-order valence-electron chi connectivity index (χ1n) is 8.63. The molecule has 1 aliphatic rings.